The van der Waals surface area contributed by atoms with Gasteiger partial charge in [0.05, 0.1) is 12.5 Å². The standard InChI is InChI=1S/C21H25N3O5/c1-4-27-21(26)16-9-15(16)11-24(20(25)17-7-13(2)23(3)22-17)10-14-5-6-18-19(8-14)29-12-28-18/h5-8,15-16H,4,9-12H2,1-3H3/t15-,16-/m0/s1. The van der Waals surface area contributed by atoms with E-state index in [0.29, 0.717) is 36.9 Å². The van der Waals surface area contributed by atoms with E-state index >= 15 is 0 Å². The number of rotatable bonds is 7. The fourth-order valence-corrected chi connectivity index (χ4v) is 3.58. The van der Waals surface area contributed by atoms with Crippen LogP contribution in [-0.4, -0.2) is 46.5 Å². The number of ether oxygens (including phenoxy) is 3. The Morgan fingerprint density at radius 1 is 1.28 bits per heavy atom. The van der Waals surface area contributed by atoms with Crippen molar-refractivity contribution in [3.8, 4) is 11.5 Å². The predicted octanol–water partition coefficient (Wildman–Crippen LogP) is 2.30. The molecular formula is C21H25N3O5. The minimum atomic E-state index is -0.179. The average molecular weight is 399 g/mol. The second-order valence-corrected chi connectivity index (χ2v) is 7.52. The van der Waals surface area contributed by atoms with Crippen LogP contribution < -0.4 is 9.47 Å². The first-order chi connectivity index (χ1) is 14.0. The largest absolute Gasteiger partial charge is 0.466 e. The molecule has 2 atom stereocenters. The monoisotopic (exact) mass is 399 g/mol. The van der Waals surface area contributed by atoms with E-state index in [1.54, 1.807) is 22.6 Å². The number of amides is 1. The Hall–Kier alpha value is -3.03. The topological polar surface area (TPSA) is 82.9 Å². The highest BCUT2D eigenvalue weighted by Gasteiger charge is 2.45. The smallest absolute Gasteiger partial charge is 0.309 e. The third-order valence-electron chi connectivity index (χ3n) is 5.40. The summed E-state index contributed by atoms with van der Waals surface area (Å²) in [6.07, 6.45) is 0.741. The lowest BCUT2D eigenvalue weighted by atomic mass is 10.1. The molecule has 1 fully saturated rings. The van der Waals surface area contributed by atoms with Crippen molar-refractivity contribution in [3.05, 3.63) is 41.2 Å². The highest BCUT2D eigenvalue weighted by Crippen LogP contribution is 2.41. The Bertz CT molecular complexity index is 919. The van der Waals surface area contributed by atoms with Crippen molar-refractivity contribution in [1.82, 2.24) is 14.7 Å². The summed E-state index contributed by atoms with van der Waals surface area (Å²) in [5, 5.41) is 4.33. The first-order valence-corrected chi connectivity index (χ1v) is 9.81. The molecule has 4 rings (SSSR count). The first-order valence-electron chi connectivity index (χ1n) is 9.81. The van der Waals surface area contributed by atoms with E-state index in [-0.39, 0.29) is 30.5 Å². The summed E-state index contributed by atoms with van der Waals surface area (Å²) in [4.78, 5) is 26.9. The third-order valence-corrected chi connectivity index (χ3v) is 5.40. The number of nitrogens with zero attached hydrogens (tertiary/aromatic N) is 3. The molecule has 1 aromatic heterocycles. The second kappa shape index (κ2) is 7.77. The molecule has 1 saturated carbocycles. The Kier molecular flexibility index (Phi) is 5.17. The molecule has 1 aliphatic carbocycles. The molecule has 0 spiro atoms. The van der Waals surface area contributed by atoms with Gasteiger partial charge >= 0.3 is 5.97 Å². The Morgan fingerprint density at radius 3 is 2.79 bits per heavy atom. The maximum absolute atomic E-state index is 13.2. The number of carbonyl (C=O) groups is 2. The molecule has 1 amide bonds. The summed E-state index contributed by atoms with van der Waals surface area (Å²) in [6, 6.07) is 7.45. The van der Waals surface area contributed by atoms with Gasteiger partial charge in [0.25, 0.3) is 5.91 Å². The van der Waals surface area contributed by atoms with E-state index in [1.165, 1.54) is 0 Å². The third kappa shape index (κ3) is 4.06. The van der Waals surface area contributed by atoms with Crippen molar-refractivity contribution in [2.45, 2.75) is 26.8 Å². The van der Waals surface area contributed by atoms with Gasteiger partial charge in [-0.05, 0) is 49.9 Å². The zero-order valence-electron chi connectivity index (χ0n) is 16.9. The lowest BCUT2D eigenvalue weighted by molar-refractivity contribution is -0.145. The van der Waals surface area contributed by atoms with Crippen LogP contribution in [0, 0.1) is 18.8 Å². The summed E-state index contributed by atoms with van der Waals surface area (Å²) >= 11 is 0. The van der Waals surface area contributed by atoms with Crippen molar-refractivity contribution in [2.75, 3.05) is 19.9 Å². The van der Waals surface area contributed by atoms with Crippen molar-refractivity contribution in [1.29, 1.82) is 0 Å². The number of fused-ring (bicyclic) bond motifs is 1. The van der Waals surface area contributed by atoms with Gasteiger partial charge in [0, 0.05) is 25.8 Å². The molecule has 2 aliphatic rings. The van der Waals surface area contributed by atoms with Crippen LogP contribution in [0.5, 0.6) is 11.5 Å². The Labute approximate surface area is 169 Å². The second-order valence-electron chi connectivity index (χ2n) is 7.52. The zero-order valence-corrected chi connectivity index (χ0v) is 16.9. The SMILES string of the molecule is CCOC(=O)[C@H]1C[C@H]1CN(Cc1ccc2c(c1)OCO2)C(=O)c1cc(C)n(C)n1. The molecule has 8 heteroatoms. The van der Waals surface area contributed by atoms with Crippen LogP contribution in [0.2, 0.25) is 0 Å². The van der Waals surface area contributed by atoms with Gasteiger partial charge < -0.3 is 19.1 Å². The number of carbonyl (C=O) groups excluding carboxylic acids is 2. The number of benzene rings is 1. The van der Waals surface area contributed by atoms with E-state index in [9.17, 15) is 9.59 Å². The molecule has 1 aromatic carbocycles. The van der Waals surface area contributed by atoms with E-state index in [2.05, 4.69) is 5.10 Å². The van der Waals surface area contributed by atoms with E-state index in [0.717, 1.165) is 17.7 Å². The number of hydrogen-bond donors (Lipinski definition) is 0. The fourth-order valence-electron chi connectivity index (χ4n) is 3.58. The molecule has 0 radical (unpaired) electrons. The maximum Gasteiger partial charge on any atom is 0.309 e. The van der Waals surface area contributed by atoms with E-state index in [1.807, 2.05) is 32.2 Å². The van der Waals surface area contributed by atoms with Gasteiger partial charge in [-0.2, -0.15) is 5.10 Å². The molecule has 29 heavy (non-hydrogen) atoms. The molecule has 0 N–H and O–H groups in total. The lowest BCUT2D eigenvalue weighted by Gasteiger charge is -2.22. The number of hydrogen-bond acceptors (Lipinski definition) is 6. The van der Waals surface area contributed by atoms with E-state index < -0.39 is 0 Å². The van der Waals surface area contributed by atoms with Crippen molar-refractivity contribution < 1.29 is 23.8 Å². The molecule has 0 saturated heterocycles. The molecule has 8 nitrogen and oxygen atoms in total. The Balaban J connectivity index is 1.52. The lowest BCUT2D eigenvalue weighted by Crippen LogP contribution is -2.33. The van der Waals surface area contributed by atoms with Crippen LogP contribution in [0.4, 0.5) is 0 Å². The average Bonchev–Trinajstić information content (AvgIpc) is 3.16. The van der Waals surface area contributed by atoms with Crippen molar-refractivity contribution in [3.63, 3.8) is 0 Å². The molecule has 0 bridgehead atoms. The van der Waals surface area contributed by atoms with Gasteiger partial charge in [-0.1, -0.05) is 6.07 Å². The predicted molar refractivity (Wildman–Crippen MR) is 103 cm³/mol. The van der Waals surface area contributed by atoms with Crippen LogP contribution in [-0.2, 0) is 23.1 Å². The fraction of sp³-hybridized carbons (Fsp3) is 0.476. The molecule has 154 valence electrons. The quantitative estimate of drug-likeness (QED) is 0.665. The summed E-state index contributed by atoms with van der Waals surface area (Å²) < 4.78 is 17.6. The minimum absolute atomic E-state index is 0.108. The van der Waals surface area contributed by atoms with Crippen LogP contribution in [0.3, 0.4) is 0 Å². The van der Waals surface area contributed by atoms with Gasteiger partial charge in [0.1, 0.15) is 0 Å². The normalized spacial score (nSPS) is 19.1. The van der Waals surface area contributed by atoms with E-state index in [4.69, 9.17) is 14.2 Å². The summed E-state index contributed by atoms with van der Waals surface area (Å²) in [7, 11) is 1.81. The maximum atomic E-state index is 13.2. The van der Waals surface area contributed by atoms with Gasteiger partial charge in [-0.3, -0.25) is 14.3 Å². The minimum Gasteiger partial charge on any atom is -0.466 e. The molecule has 0 unspecified atom stereocenters. The van der Waals surface area contributed by atoms with Crippen molar-refractivity contribution >= 4 is 11.9 Å². The Morgan fingerprint density at radius 2 is 2.07 bits per heavy atom. The van der Waals surface area contributed by atoms with Gasteiger partial charge in [-0.25, -0.2) is 0 Å². The van der Waals surface area contributed by atoms with Crippen molar-refractivity contribution in [2.24, 2.45) is 18.9 Å². The number of esters is 1. The van der Waals surface area contributed by atoms with Gasteiger partial charge in [0.2, 0.25) is 6.79 Å². The highest BCUT2D eigenvalue weighted by atomic mass is 16.7. The van der Waals surface area contributed by atoms with Crippen LogP contribution in [0.15, 0.2) is 24.3 Å². The summed E-state index contributed by atoms with van der Waals surface area (Å²) in [5.74, 6) is 1.03. The highest BCUT2D eigenvalue weighted by molar-refractivity contribution is 5.92. The molecule has 2 heterocycles. The van der Waals surface area contributed by atoms with Crippen LogP contribution in [0.1, 0.15) is 35.1 Å². The zero-order chi connectivity index (χ0) is 20.5. The molecular weight excluding hydrogens is 374 g/mol. The van der Waals surface area contributed by atoms with Gasteiger partial charge in [0.15, 0.2) is 17.2 Å². The number of aryl methyl sites for hydroxylation is 2. The summed E-state index contributed by atoms with van der Waals surface area (Å²) in [5.41, 5.74) is 2.25. The molecule has 2 aromatic rings. The van der Waals surface area contributed by atoms with Crippen LogP contribution >= 0.6 is 0 Å². The van der Waals surface area contributed by atoms with Crippen LogP contribution in [0.25, 0.3) is 0 Å². The number of aromatic nitrogens is 2. The van der Waals surface area contributed by atoms with Gasteiger partial charge in [-0.15, -0.1) is 0 Å². The first kappa shape index (κ1) is 19.3. The molecule has 1 aliphatic heterocycles. The summed E-state index contributed by atoms with van der Waals surface area (Å²) in [6.45, 7) is 5.16.